The Hall–Kier alpha value is -0.100. The lowest BCUT2D eigenvalue weighted by molar-refractivity contribution is -0.151. The summed E-state index contributed by atoms with van der Waals surface area (Å²) in [4.78, 5) is 20.7. The molecule has 0 saturated heterocycles. The minimum absolute atomic E-state index is 0.206. The van der Waals surface area contributed by atoms with E-state index in [1.807, 2.05) is 20.8 Å². The Kier molecular flexibility index (Phi) is 11.5. The molecule has 0 radical (unpaired) electrons. The van der Waals surface area contributed by atoms with E-state index in [9.17, 15) is 9.59 Å². The Bertz CT molecular complexity index is 211. The number of esters is 2. The zero-order chi connectivity index (χ0) is 13.2. The number of rotatable bonds is 3. The van der Waals surface area contributed by atoms with Crippen LogP contribution in [0.4, 0.5) is 0 Å². The van der Waals surface area contributed by atoms with E-state index < -0.39 is 0 Å². The highest BCUT2D eigenvalue weighted by Gasteiger charge is 2.14. The van der Waals surface area contributed by atoms with Gasteiger partial charge in [-0.05, 0) is 27.7 Å². The molecule has 0 amide bonds. The second-order valence-corrected chi connectivity index (χ2v) is 4.78. The lowest BCUT2D eigenvalue weighted by Crippen LogP contribution is -2.24. The monoisotopic (exact) mass is 360 g/mol. The van der Waals surface area contributed by atoms with Crippen molar-refractivity contribution in [2.24, 2.45) is 0 Å². The molecule has 0 aromatic rings. The summed E-state index contributed by atoms with van der Waals surface area (Å²) in [7, 11) is 0. The van der Waals surface area contributed by atoms with Crippen LogP contribution in [0.3, 0.4) is 0 Å². The SMILES string of the molecule is CC(C)(C)OC(=O)CBr.CCOC(=O)CBr. The van der Waals surface area contributed by atoms with Crippen molar-refractivity contribution in [2.75, 3.05) is 17.3 Å². The highest BCUT2D eigenvalue weighted by Crippen LogP contribution is 2.07. The second-order valence-electron chi connectivity index (χ2n) is 3.66. The van der Waals surface area contributed by atoms with Crippen LogP contribution in [0.1, 0.15) is 27.7 Å². The van der Waals surface area contributed by atoms with Crippen molar-refractivity contribution >= 4 is 43.8 Å². The van der Waals surface area contributed by atoms with Crippen LogP contribution in [0.15, 0.2) is 0 Å². The van der Waals surface area contributed by atoms with Gasteiger partial charge in [0.15, 0.2) is 0 Å². The van der Waals surface area contributed by atoms with Gasteiger partial charge in [0.1, 0.15) is 16.3 Å². The number of halogens is 2. The van der Waals surface area contributed by atoms with Crippen LogP contribution in [0.25, 0.3) is 0 Å². The molecule has 0 heterocycles. The van der Waals surface area contributed by atoms with Crippen LogP contribution >= 0.6 is 31.9 Å². The average Bonchev–Trinajstić information content (AvgIpc) is 2.16. The van der Waals surface area contributed by atoms with E-state index in [0.29, 0.717) is 11.9 Å². The summed E-state index contributed by atoms with van der Waals surface area (Å²) in [6.45, 7) is 7.76. The fourth-order valence-electron chi connectivity index (χ4n) is 0.568. The van der Waals surface area contributed by atoms with Gasteiger partial charge in [0.25, 0.3) is 0 Å². The Morgan fingerprint density at radius 3 is 1.62 bits per heavy atom. The van der Waals surface area contributed by atoms with Gasteiger partial charge in [0.2, 0.25) is 0 Å². The number of carbonyl (C=O) groups is 2. The standard InChI is InChI=1S/C6H11BrO2.C4H7BrO2/c1-6(2,3)9-5(8)4-7;1-2-7-4(6)3-5/h4H2,1-3H3;2-3H2,1H3. The van der Waals surface area contributed by atoms with Crippen LogP contribution in [-0.2, 0) is 19.1 Å². The zero-order valence-electron chi connectivity index (χ0n) is 10.0. The molecule has 0 unspecified atom stereocenters. The first kappa shape index (κ1) is 18.3. The summed E-state index contributed by atoms with van der Waals surface area (Å²) in [6.07, 6.45) is 0. The second kappa shape index (κ2) is 10.1. The molecule has 0 aliphatic rings. The van der Waals surface area contributed by atoms with Crippen molar-refractivity contribution < 1.29 is 19.1 Å². The lowest BCUT2D eigenvalue weighted by atomic mass is 10.2. The molecule has 0 bridgehead atoms. The third kappa shape index (κ3) is 16.3. The van der Waals surface area contributed by atoms with Crippen molar-refractivity contribution in [1.82, 2.24) is 0 Å². The first-order valence-corrected chi connectivity index (χ1v) is 7.00. The molecule has 6 heteroatoms. The Balaban J connectivity index is 0. The first-order valence-electron chi connectivity index (χ1n) is 4.76. The van der Waals surface area contributed by atoms with Crippen molar-refractivity contribution in [1.29, 1.82) is 0 Å². The highest BCUT2D eigenvalue weighted by molar-refractivity contribution is 9.09. The maximum atomic E-state index is 10.6. The van der Waals surface area contributed by atoms with Crippen LogP contribution in [-0.4, -0.2) is 34.8 Å². The maximum Gasteiger partial charge on any atom is 0.317 e. The molecule has 0 aliphatic carbocycles. The molecule has 0 fully saturated rings. The van der Waals surface area contributed by atoms with Crippen LogP contribution in [0.5, 0.6) is 0 Å². The van der Waals surface area contributed by atoms with E-state index in [1.165, 1.54) is 0 Å². The normalized spacial score (nSPS) is 9.88. The zero-order valence-corrected chi connectivity index (χ0v) is 13.2. The molecular weight excluding hydrogens is 344 g/mol. The molecule has 4 nitrogen and oxygen atoms in total. The Labute approximate surface area is 113 Å². The number of ether oxygens (including phenoxy) is 2. The summed E-state index contributed by atoms with van der Waals surface area (Å²) in [5.41, 5.74) is -0.356. The molecule has 0 aromatic heterocycles. The van der Waals surface area contributed by atoms with Crippen molar-refractivity contribution in [3.8, 4) is 0 Å². The maximum absolute atomic E-state index is 10.6. The molecule has 0 aliphatic heterocycles. The molecule has 0 aromatic carbocycles. The Morgan fingerprint density at radius 1 is 1.06 bits per heavy atom. The summed E-state index contributed by atoms with van der Waals surface area (Å²) in [6, 6.07) is 0. The fraction of sp³-hybridized carbons (Fsp3) is 0.800. The number of carbonyl (C=O) groups excluding carboxylic acids is 2. The average molecular weight is 362 g/mol. The van der Waals surface area contributed by atoms with Gasteiger partial charge >= 0.3 is 11.9 Å². The van der Waals surface area contributed by atoms with E-state index in [4.69, 9.17) is 4.74 Å². The van der Waals surface area contributed by atoms with Crippen molar-refractivity contribution in [3.05, 3.63) is 0 Å². The molecule has 0 N–H and O–H groups in total. The largest absolute Gasteiger partial charge is 0.465 e. The van der Waals surface area contributed by atoms with Crippen molar-refractivity contribution in [3.63, 3.8) is 0 Å². The third-order valence-corrected chi connectivity index (χ3v) is 1.86. The van der Waals surface area contributed by atoms with Gasteiger partial charge in [-0.25, -0.2) is 0 Å². The predicted octanol–water partition coefficient (Wildman–Crippen LogP) is 2.67. The van der Waals surface area contributed by atoms with E-state index in [0.717, 1.165) is 0 Å². The Morgan fingerprint density at radius 2 is 1.50 bits per heavy atom. The minimum Gasteiger partial charge on any atom is -0.465 e. The van der Waals surface area contributed by atoms with Crippen LogP contribution in [0, 0.1) is 0 Å². The van der Waals surface area contributed by atoms with E-state index in [1.54, 1.807) is 6.92 Å². The predicted molar refractivity (Wildman–Crippen MR) is 70.1 cm³/mol. The number of alkyl halides is 2. The minimum atomic E-state index is -0.356. The number of hydrogen-bond donors (Lipinski definition) is 0. The lowest BCUT2D eigenvalue weighted by Gasteiger charge is -2.18. The summed E-state index contributed by atoms with van der Waals surface area (Å²) in [5, 5.41) is 0.561. The van der Waals surface area contributed by atoms with Gasteiger partial charge in [-0.2, -0.15) is 0 Å². The summed E-state index contributed by atoms with van der Waals surface area (Å²) in [5.74, 6) is -0.426. The van der Waals surface area contributed by atoms with Crippen LogP contribution < -0.4 is 0 Å². The fourth-order valence-corrected chi connectivity index (χ4v) is 0.845. The summed E-state index contributed by atoms with van der Waals surface area (Å²) < 4.78 is 9.41. The smallest absolute Gasteiger partial charge is 0.317 e. The van der Waals surface area contributed by atoms with E-state index >= 15 is 0 Å². The molecule has 96 valence electrons. The van der Waals surface area contributed by atoms with Crippen LogP contribution in [0.2, 0.25) is 0 Å². The van der Waals surface area contributed by atoms with E-state index in [-0.39, 0.29) is 22.9 Å². The molecule has 0 spiro atoms. The molecular formula is C10H18Br2O4. The van der Waals surface area contributed by atoms with Gasteiger partial charge in [0, 0.05) is 0 Å². The van der Waals surface area contributed by atoms with Gasteiger partial charge < -0.3 is 9.47 Å². The first-order chi connectivity index (χ1) is 7.26. The quantitative estimate of drug-likeness (QED) is 0.572. The molecule has 0 atom stereocenters. The third-order valence-electron chi connectivity index (χ3n) is 0.944. The van der Waals surface area contributed by atoms with Gasteiger partial charge in [-0.3, -0.25) is 9.59 Å². The van der Waals surface area contributed by atoms with Gasteiger partial charge in [-0.1, -0.05) is 31.9 Å². The molecule has 0 saturated carbocycles. The summed E-state index contributed by atoms with van der Waals surface area (Å²) >= 11 is 5.93. The van der Waals surface area contributed by atoms with Gasteiger partial charge in [-0.15, -0.1) is 0 Å². The molecule has 0 rings (SSSR count). The topological polar surface area (TPSA) is 52.6 Å². The van der Waals surface area contributed by atoms with Gasteiger partial charge in [0.05, 0.1) is 6.61 Å². The molecule has 16 heavy (non-hydrogen) atoms. The highest BCUT2D eigenvalue weighted by atomic mass is 79.9. The van der Waals surface area contributed by atoms with Crippen molar-refractivity contribution in [2.45, 2.75) is 33.3 Å². The van der Waals surface area contributed by atoms with E-state index in [2.05, 4.69) is 36.6 Å². The number of hydrogen-bond acceptors (Lipinski definition) is 4.